The van der Waals surface area contributed by atoms with Crippen molar-refractivity contribution in [1.29, 1.82) is 0 Å². The van der Waals surface area contributed by atoms with Crippen LogP contribution in [-0.4, -0.2) is 21.3 Å². The van der Waals surface area contributed by atoms with E-state index in [4.69, 9.17) is 8.92 Å². The monoisotopic (exact) mass is 384 g/mol. The predicted molar refractivity (Wildman–Crippen MR) is 85.0 cm³/mol. The highest BCUT2D eigenvalue weighted by atomic mass is 79.9. The molecule has 2 rings (SSSR count). The van der Waals surface area contributed by atoms with Gasteiger partial charge in [-0.1, -0.05) is 22.0 Å². The van der Waals surface area contributed by atoms with Crippen molar-refractivity contribution in [2.45, 2.75) is 11.8 Å². The van der Waals surface area contributed by atoms with Gasteiger partial charge in [-0.15, -0.1) is 0 Å². The molecule has 0 saturated heterocycles. The zero-order valence-electron chi connectivity index (χ0n) is 11.9. The summed E-state index contributed by atoms with van der Waals surface area (Å²) in [4.78, 5) is 11.4. The maximum Gasteiger partial charge on any atom is 0.339 e. The minimum Gasteiger partial charge on any atom is -0.493 e. The molecule has 0 spiro atoms. The molecule has 0 aliphatic rings. The van der Waals surface area contributed by atoms with E-state index in [1.165, 1.54) is 44.4 Å². The van der Waals surface area contributed by atoms with Crippen LogP contribution >= 0.6 is 15.9 Å². The van der Waals surface area contributed by atoms with Gasteiger partial charge in [0.2, 0.25) is 0 Å². The van der Waals surface area contributed by atoms with Crippen molar-refractivity contribution in [2.75, 3.05) is 7.11 Å². The van der Waals surface area contributed by atoms with Crippen LogP contribution in [0.3, 0.4) is 0 Å². The first kappa shape index (κ1) is 16.5. The number of methoxy groups -OCH3 is 1. The molecule has 0 amide bonds. The molecule has 7 heteroatoms. The number of hydrogen-bond acceptors (Lipinski definition) is 5. The molecule has 0 aliphatic carbocycles. The summed E-state index contributed by atoms with van der Waals surface area (Å²) >= 11 is 3.21. The molecule has 0 N–H and O–H groups in total. The number of carbonyl (C=O) groups is 1. The van der Waals surface area contributed by atoms with E-state index in [1.807, 2.05) is 0 Å². The maximum atomic E-state index is 12.3. The summed E-state index contributed by atoms with van der Waals surface area (Å²) in [6.07, 6.45) is 0. The van der Waals surface area contributed by atoms with Crippen molar-refractivity contribution in [3.8, 4) is 11.5 Å². The average molecular weight is 385 g/mol. The average Bonchev–Trinajstić information content (AvgIpc) is 2.47. The maximum absolute atomic E-state index is 12.3. The van der Waals surface area contributed by atoms with Gasteiger partial charge in [0, 0.05) is 10.0 Å². The number of halogens is 1. The van der Waals surface area contributed by atoms with Crippen molar-refractivity contribution < 1.29 is 22.1 Å². The molecule has 0 aromatic heterocycles. The smallest absolute Gasteiger partial charge is 0.339 e. The SMILES string of the molecule is COc1cc(C(C)=O)ccc1OS(=O)(=O)c1cccc(Br)c1. The second-order valence-corrected chi connectivity index (χ2v) is 6.88. The topological polar surface area (TPSA) is 69.7 Å². The van der Waals surface area contributed by atoms with Gasteiger partial charge in [-0.2, -0.15) is 8.42 Å². The van der Waals surface area contributed by atoms with Gasteiger partial charge in [-0.25, -0.2) is 0 Å². The first-order valence-electron chi connectivity index (χ1n) is 6.22. The summed E-state index contributed by atoms with van der Waals surface area (Å²) in [7, 11) is -2.62. The van der Waals surface area contributed by atoms with Crippen LogP contribution in [0.25, 0.3) is 0 Å². The molecule has 22 heavy (non-hydrogen) atoms. The lowest BCUT2D eigenvalue weighted by atomic mass is 10.1. The van der Waals surface area contributed by atoms with Crippen LogP contribution in [0.4, 0.5) is 0 Å². The molecular weight excluding hydrogens is 372 g/mol. The Bertz CT molecular complexity index is 814. The molecule has 0 atom stereocenters. The standard InChI is InChI=1S/C15H13BrO5S/c1-10(17)11-6-7-14(15(8-11)20-2)21-22(18,19)13-5-3-4-12(16)9-13/h3-9H,1-2H3. The van der Waals surface area contributed by atoms with E-state index in [1.54, 1.807) is 12.1 Å². The molecule has 2 aromatic rings. The number of hydrogen-bond donors (Lipinski definition) is 0. The van der Waals surface area contributed by atoms with Gasteiger partial charge < -0.3 is 8.92 Å². The highest BCUT2D eigenvalue weighted by Crippen LogP contribution is 2.31. The Balaban J connectivity index is 2.39. The van der Waals surface area contributed by atoms with Gasteiger partial charge in [0.25, 0.3) is 0 Å². The molecule has 0 bridgehead atoms. The van der Waals surface area contributed by atoms with Crippen LogP contribution in [0.15, 0.2) is 51.8 Å². The predicted octanol–water partition coefficient (Wildman–Crippen LogP) is 3.43. The van der Waals surface area contributed by atoms with Crippen molar-refractivity contribution in [1.82, 2.24) is 0 Å². The number of ether oxygens (including phenoxy) is 1. The highest BCUT2D eigenvalue weighted by molar-refractivity contribution is 9.10. The van der Waals surface area contributed by atoms with Crippen molar-refractivity contribution in [3.63, 3.8) is 0 Å². The van der Waals surface area contributed by atoms with Crippen LogP contribution in [0.1, 0.15) is 17.3 Å². The normalized spacial score (nSPS) is 11.0. The van der Waals surface area contributed by atoms with Gasteiger partial charge in [-0.05, 0) is 43.3 Å². The summed E-state index contributed by atoms with van der Waals surface area (Å²) in [5.41, 5.74) is 0.407. The van der Waals surface area contributed by atoms with E-state index < -0.39 is 10.1 Å². The third-order valence-electron chi connectivity index (χ3n) is 2.85. The number of carbonyl (C=O) groups excluding carboxylic acids is 1. The largest absolute Gasteiger partial charge is 0.493 e. The molecular formula is C15H13BrO5S. The fourth-order valence-corrected chi connectivity index (χ4v) is 3.28. The zero-order valence-corrected chi connectivity index (χ0v) is 14.3. The second-order valence-electron chi connectivity index (χ2n) is 4.42. The molecule has 0 fully saturated rings. The van der Waals surface area contributed by atoms with Crippen molar-refractivity contribution in [3.05, 3.63) is 52.5 Å². The van der Waals surface area contributed by atoms with Gasteiger partial charge in [0.05, 0.1) is 7.11 Å². The lowest BCUT2D eigenvalue weighted by Crippen LogP contribution is -2.10. The number of benzene rings is 2. The molecule has 0 heterocycles. The van der Waals surface area contributed by atoms with Crippen LogP contribution in [0.2, 0.25) is 0 Å². The number of rotatable bonds is 5. The van der Waals surface area contributed by atoms with Crippen molar-refractivity contribution >= 4 is 31.8 Å². The zero-order chi connectivity index (χ0) is 16.3. The quantitative estimate of drug-likeness (QED) is 0.583. The van der Waals surface area contributed by atoms with Crippen molar-refractivity contribution in [2.24, 2.45) is 0 Å². The first-order chi connectivity index (χ1) is 10.3. The summed E-state index contributed by atoms with van der Waals surface area (Å²) in [6.45, 7) is 1.41. The van der Waals surface area contributed by atoms with Gasteiger partial charge in [0.15, 0.2) is 17.3 Å². The molecule has 2 aromatic carbocycles. The summed E-state index contributed by atoms with van der Waals surface area (Å²) in [6, 6.07) is 10.5. The minimum atomic E-state index is -4.00. The fraction of sp³-hybridized carbons (Fsp3) is 0.133. The van der Waals surface area contributed by atoms with Crippen LogP contribution < -0.4 is 8.92 Å². The summed E-state index contributed by atoms with van der Waals surface area (Å²) in [5, 5.41) is 0. The van der Waals surface area contributed by atoms with E-state index in [-0.39, 0.29) is 22.2 Å². The minimum absolute atomic E-state index is 0.0135. The Morgan fingerprint density at radius 3 is 2.41 bits per heavy atom. The Kier molecular flexibility index (Phi) is 4.87. The highest BCUT2D eigenvalue weighted by Gasteiger charge is 2.20. The third kappa shape index (κ3) is 3.66. The number of ketones is 1. The van der Waals surface area contributed by atoms with Crippen LogP contribution in [-0.2, 0) is 10.1 Å². The van der Waals surface area contributed by atoms with E-state index in [2.05, 4.69) is 15.9 Å². The number of Topliss-reactive ketones (excluding diaryl/α,β-unsaturated/α-hetero) is 1. The Morgan fingerprint density at radius 1 is 1.09 bits per heavy atom. The van der Waals surface area contributed by atoms with E-state index in [0.29, 0.717) is 10.0 Å². The second kappa shape index (κ2) is 6.50. The van der Waals surface area contributed by atoms with Crippen LogP contribution in [0.5, 0.6) is 11.5 Å². The van der Waals surface area contributed by atoms with E-state index in [0.717, 1.165) is 0 Å². The third-order valence-corrected chi connectivity index (χ3v) is 4.58. The summed E-state index contributed by atoms with van der Waals surface area (Å²) < 4.78 is 35.4. The van der Waals surface area contributed by atoms with Gasteiger partial charge in [-0.3, -0.25) is 4.79 Å². The fourth-order valence-electron chi connectivity index (χ4n) is 1.74. The Morgan fingerprint density at radius 2 is 1.82 bits per heavy atom. The summed E-state index contributed by atoms with van der Waals surface area (Å²) in [5.74, 6) is 0.0402. The molecule has 0 radical (unpaired) electrons. The lowest BCUT2D eigenvalue weighted by Gasteiger charge is -2.11. The molecule has 0 saturated carbocycles. The molecule has 0 unspecified atom stereocenters. The molecule has 5 nitrogen and oxygen atoms in total. The molecule has 0 aliphatic heterocycles. The lowest BCUT2D eigenvalue weighted by molar-refractivity contribution is 0.101. The van der Waals surface area contributed by atoms with Gasteiger partial charge >= 0.3 is 10.1 Å². The molecule has 116 valence electrons. The van der Waals surface area contributed by atoms with Gasteiger partial charge in [0.1, 0.15) is 4.90 Å². The van der Waals surface area contributed by atoms with E-state index >= 15 is 0 Å². The Hall–Kier alpha value is -1.86. The first-order valence-corrected chi connectivity index (χ1v) is 8.42. The van der Waals surface area contributed by atoms with Crippen LogP contribution in [0, 0.1) is 0 Å². The Labute approximate surface area is 137 Å². The van der Waals surface area contributed by atoms with E-state index in [9.17, 15) is 13.2 Å².